The summed E-state index contributed by atoms with van der Waals surface area (Å²) in [4.78, 5) is 30.4. The van der Waals surface area contributed by atoms with Gasteiger partial charge in [-0.3, -0.25) is 9.36 Å². The zero-order chi connectivity index (χ0) is 23.2. The maximum absolute atomic E-state index is 13.3. The third-order valence-electron chi connectivity index (χ3n) is 6.67. The van der Waals surface area contributed by atoms with Crippen LogP contribution in [0.4, 0.5) is 4.39 Å². The number of nitrogens with zero attached hydrogens (tertiary/aromatic N) is 3. The van der Waals surface area contributed by atoms with E-state index in [2.05, 4.69) is 4.98 Å². The summed E-state index contributed by atoms with van der Waals surface area (Å²) in [5.74, 6) is -0.719. The molecule has 1 atom stereocenters. The Morgan fingerprint density at radius 3 is 2.39 bits per heavy atom. The van der Waals surface area contributed by atoms with Gasteiger partial charge in [0.05, 0.1) is 15.9 Å². The van der Waals surface area contributed by atoms with Crippen molar-refractivity contribution in [2.45, 2.75) is 42.7 Å². The minimum atomic E-state index is -3.89. The Morgan fingerprint density at radius 2 is 1.67 bits per heavy atom. The first kappa shape index (κ1) is 21.8. The van der Waals surface area contributed by atoms with Crippen LogP contribution in [0, 0.1) is 5.82 Å². The minimum Gasteiger partial charge on any atom is -0.341 e. The number of fused-ring (bicyclic) bond motifs is 1. The number of sulfonamides is 1. The van der Waals surface area contributed by atoms with E-state index in [0.29, 0.717) is 38.8 Å². The molecular weight excluding hydrogens is 447 g/mol. The van der Waals surface area contributed by atoms with Crippen molar-refractivity contribution >= 4 is 27.0 Å². The van der Waals surface area contributed by atoms with Crippen molar-refractivity contribution < 1.29 is 17.6 Å². The summed E-state index contributed by atoms with van der Waals surface area (Å²) in [6.45, 7) is 1.17. The van der Waals surface area contributed by atoms with E-state index in [0.717, 1.165) is 23.2 Å². The number of likely N-dealkylation sites (tertiary alicyclic amines) is 1. The summed E-state index contributed by atoms with van der Waals surface area (Å²) in [6, 6.07) is 11.4. The Bertz CT molecular complexity index is 1340. The third kappa shape index (κ3) is 3.87. The number of halogens is 1. The van der Waals surface area contributed by atoms with Crippen molar-refractivity contribution in [3.8, 4) is 0 Å². The van der Waals surface area contributed by atoms with Crippen LogP contribution in [0.25, 0.3) is 11.0 Å². The Hall–Kier alpha value is -2.98. The highest BCUT2D eigenvalue weighted by molar-refractivity contribution is 7.89. The molecule has 5 rings (SSSR count). The first-order valence-corrected chi connectivity index (χ1v) is 12.6. The van der Waals surface area contributed by atoms with Crippen LogP contribution in [0.2, 0.25) is 0 Å². The fraction of sp³-hybridized carbons (Fsp3) is 0.391. The van der Waals surface area contributed by atoms with Gasteiger partial charge in [-0.05, 0) is 62.1 Å². The number of carbonyl (C=O) groups excluding carboxylic acids is 1. The molecule has 2 aliphatic heterocycles. The van der Waals surface area contributed by atoms with Crippen LogP contribution in [0.1, 0.15) is 31.7 Å². The number of H-pyrrole nitrogens is 1. The lowest BCUT2D eigenvalue weighted by Crippen LogP contribution is -2.50. The summed E-state index contributed by atoms with van der Waals surface area (Å²) in [7, 11) is -3.89. The zero-order valence-corrected chi connectivity index (χ0v) is 18.8. The maximum Gasteiger partial charge on any atom is 0.326 e. The van der Waals surface area contributed by atoms with Crippen LogP contribution in [-0.2, 0) is 14.8 Å². The first-order chi connectivity index (χ1) is 15.9. The molecule has 0 aliphatic carbocycles. The summed E-state index contributed by atoms with van der Waals surface area (Å²) >= 11 is 0. The molecule has 174 valence electrons. The Balaban J connectivity index is 1.31. The highest BCUT2D eigenvalue weighted by atomic mass is 32.2. The standard InChI is InChI=1S/C23H25FN4O4S/c24-16-7-9-18(10-8-16)33(31,32)27-13-3-6-21(27)22(29)26-14-11-17(12-15-26)28-20-5-2-1-4-19(20)25-23(28)30/h1-2,4-5,7-10,17,21H,3,6,11-15H2,(H,25,30)/t21-/m0/s1. The molecule has 1 aromatic heterocycles. The molecule has 2 saturated heterocycles. The van der Waals surface area contributed by atoms with E-state index in [-0.39, 0.29) is 29.1 Å². The SMILES string of the molecule is O=C([C@@H]1CCCN1S(=O)(=O)c1ccc(F)cc1)N1CCC(n2c(=O)[nH]c3ccccc32)CC1. The van der Waals surface area contributed by atoms with Crippen LogP contribution in [0.3, 0.4) is 0 Å². The largest absolute Gasteiger partial charge is 0.341 e. The lowest BCUT2D eigenvalue weighted by atomic mass is 10.0. The van der Waals surface area contributed by atoms with Gasteiger partial charge in [0, 0.05) is 25.7 Å². The summed E-state index contributed by atoms with van der Waals surface area (Å²) in [5.41, 5.74) is 1.47. The molecule has 8 nitrogen and oxygen atoms in total. The maximum atomic E-state index is 13.3. The van der Waals surface area contributed by atoms with Gasteiger partial charge >= 0.3 is 5.69 Å². The van der Waals surface area contributed by atoms with Gasteiger partial charge in [0.2, 0.25) is 15.9 Å². The van der Waals surface area contributed by atoms with Crippen molar-refractivity contribution in [3.05, 3.63) is 64.8 Å². The molecule has 1 N–H and O–H groups in total. The lowest BCUT2D eigenvalue weighted by molar-refractivity contribution is -0.135. The normalized spacial score (nSPS) is 20.5. The fourth-order valence-electron chi connectivity index (χ4n) is 5.01. The number of piperidine rings is 1. The number of para-hydroxylation sites is 2. The van der Waals surface area contributed by atoms with Gasteiger partial charge in [0.15, 0.2) is 0 Å². The van der Waals surface area contributed by atoms with E-state index in [4.69, 9.17) is 0 Å². The van der Waals surface area contributed by atoms with Crippen LogP contribution in [0.5, 0.6) is 0 Å². The van der Waals surface area contributed by atoms with Crippen molar-refractivity contribution in [2.24, 2.45) is 0 Å². The topological polar surface area (TPSA) is 95.5 Å². The number of aromatic nitrogens is 2. The molecule has 2 aromatic carbocycles. The molecule has 2 aliphatic rings. The zero-order valence-electron chi connectivity index (χ0n) is 18.0. The number of amides is 1. The number of hydrogen-bond donors (Lipinski definition) is 1. The van der Waals surface area contributed by atoms with Crippen LogP contribution in [-0.4, -0.2) is 58.8 Å². The predicted octanol–water partition coefficient (Wildman–Crippen LogP) is 2.49. The molecule has 0 saturated carbocycles. The monoisotopic (exact) mass is 472 g/mol. The Kier molecular flexibility index (Phi) is 5.57. The van der Waals surface area contributed by atoms with Gasteiger partial charge in [-0.25, -0.2) is 17.6 Å². The molecule has 0 bridgehead atoms. The summed E-state index contributed by atoms with van der Waals surface area (Å²) in [5, 5.41) is 0. The molecule has 0 unspecified atom stereocenters. The number of imidazole rings is 1. The fourth-order valence-corrected chi connectivity index (χ4v) is 6.66. The van der Waals surface area contributed by atoms with Gasteiger partial charge in [-0.15, -0.1) is 0 Å². The quantitative estimate of drug-likeness (QED) is 0.631. The van der Waals surface area contributed by atoms with Gasteiger partial charge in [-0.1, -0.05) is 12.1 Å². The van der Waals surface area contributed by atoms with E-state index in [1.807, 2.05) is 24.3 Å². The average molecular weight is 473 g/mol. The predicted molar refractivity (Wildman–Crippen MR) is 121 cm³/mol. The second-order valence-electron chi connectivity index (χ2n) is 8.60. The van der Waals surface area contributed by atoms with E-state index >= 15 is 0 Å². The highest BCUT2D eigenvalue weighted by Gasteiger charge is 2.42. The van der Waals surface area contributed by atoms with Gasteiger partial charge < -0.3 is 9.88 Å². The molecule has 33 heavy (non-hydrogen) atoms. The molecule has 2 fully saturated rings. The molecule has 0 radical (unpaired) electrons. The van der Waals surface area contributed by atoms with Crippen LogP contribution < -0.4 is 5.69 Å². The van der Waals surface area contributed by atoms with Crippen LogP contribution >= 0.6 is 0 Å². The number of aromatic amines is 1. The highest BCUT2D eigenvalue weighted by Crippen LogP contribution is 2.30. The summed E-state index contributed by atoms with van der Waals surface area (Å²) < 4.78 is 42.5. The van der Waals surface area contributed by atoms with Crippen molar-refractivity contribution in [2.75, 3.05) is 19.6 Å². The molecule has 1 amide bonds. The number of carbonyl (C=O) groups is 1. The number of nitrogens with one attached hydrogen (secondary N) is 1. The molecular formula is C23H25FN4O4S. The van der Waals surface area contributed by atoms with Crippen molar-refractivity contribution in [1.29, 1.82) is 0 Å². The van der Waals surface area contributed by atoms with Crippen molar-refractivity contribution in [1.82, 2.24) is 18.8 Å². The summed E-state index contributed by atoms with van der Waals surface area (Å²) in [6.07, 6.45) is 2.29. The second-order valence-corrected chi connectivity index (χ2v) is 10.5. The number of benzene rings is 2. The Labute approximate surface area is 190 Å². The minimum absolute atomic E-state index is 0.0129. The molecule has 10 heteroatoms. The number of rotatable bonds is 4. The Morgan fingerprint density at radius 1 is 0.970 bits per heavy atom. The third-order valence-corrected chi connectivity index (χ3v) is 8.60. The molecule has 3 heterocycles. The van der Waals surface area contributed by atoms with E-state index in [1.54, 1.807) is 9.47 Å². The molecule has 0 spiro atoms. The van der Waals surface area contributed by atoms with E-state index in [1.165, 1.54) is 16.4 Å². The smallest absolute Gasteiger partial charge is 0.326 e. The average Bonchev–Trinajstić information content (AvgIpc) is 3.44. The second kappa shape index (κ2) is 8.42. The van der Waals surface area contributed by atoms with E-state index < -0.39 is 21.9 Å². The van der Waals surface area contributed by atoms with E-state index in [9.17, 15) is 22.4 Å². The lowest BCUT2D eigenvalue weighted by Gasteiger charge is -2.35. The first-order valence-electron chi connectivity index (χ1n) is 11.1. The number of hydrogen-bond acceptors (Lipinski definition) is 4. The van der Waals surface area contributed by atoms with Gasteiger partial charge in [-0.2, -0.15) is 4.31 Å². The van der Waals surface area contributed by atoms with Gasteiger partial charge in [0.25, 0.3) is 0 Å². The van der Waals surface area contributed by atoms with Crippen LogP contribution in [0.15, 0.2) is 58.2 Å². The van der Waals surface area contributed by atoms with Crippen molar-refractivity contribution in [3.63, 3.8) is 0 Å². The van der Waals surface area contributed by atoms with Gasteiger partial charge in [0.1, 0.15) is 11.9 Å². The molecule has 3 aromatic rings.